The van der Waals surface area contributed by atoms with E-state index >= 15 is 0 Å². The van der Waals surface area contributed by atoms with Gasteiger partial charge in [0.2, 0.25) is 0 Å². The molecule has 8 nitrogen and oxygen atoms in total. The number of amides is 1. The summed E-state index contributed by atoms with van der Waals surface area (Å²) in [4.78, 5) is 25.3. The molecule has 1 aliphatic rings. The summed E-state index contributed by atoms with van der Waals surface area (Å²) >= 11 is 0. The number of carbonyl (C=O) groups is 2. The molecule has 1 atom stereocenters. The first kappa shape index (κ1) is 23.8. The fourth-order valence-electron chi connectivity index (χ4n) is 3.81. The predicted molar refractivity (Wildman–Crippen MR) is 120 cm³/mol. The highest BCUT2D eigenvalue weighted by molar-refractivity contribution is 5.94. The minimum absolute atomic E-state index is 0.0476. The zero-order valence-corrected chi connectivity index (χ0v) is 19.2. The predicted octanol–water partition coefficient (Wildman–Crippen LogP) is 3.03. The van der Waals surface area contributed by atoms with Gasteiger partial charge in [0.1, 0.15) is 11.4 Å². The Kier molecular flexibility index (Phi) is 8.67. The summed E-state index contributed by atoms with van der Waals surface area (Å²) in [5, 5.41) is 7.72. The van der Waals surface area contributed by atoms with E-state index < -0.39 is 0 Å². The van der Waals surface area contributed by atoms with Gasteiger partial charge in [-0.05, 0) is 56.7 Å². The summed E-state index contributed by atoms with van der Waals surface area (Å²) in [6.07, 6.45) is 2.98. The fraction of sp³-hybridized carbons (Fsp3) is 0.542. The second-order valence-electron chi connectivity index (χ2n) is 8.05. The highest BCUT2D eigenvalue weighted by Gasteiger charge is 2.24. The third-order valence-electron chi connectivity index (χ3n) is 5.46. The Labute approximate surface area is 189 Å². The van der Waals surface area contributed by atoms with E-state index in [0.29, 0.717) is 49.7 Å². The van der Waals surface area contributed by atoms with Gasteiger partial charge >= 0.3 is 5.97 Å². The highest BCUT2D eigenvalue weighted by Crippen LogP contribution is 2.21. The number of hydrogen-bond acceptors (Lipinski definition) is 6. The van der Waals surface area contributed by atoms with Gasteiger partial charge in [0.05, 0.1) is 25.0 Å². The van der Waals surface area contributed by atoms with Crippen LogP contribution < -0.4 is 10.1 Å². The molecule has 1 aliphatic heterocycles. The van der Waals surface area contributed by atoms with E-state index in [1.807, 2.05) is 13.8 Å². The number of fused-ring (bicyclic) bond motifs is 1. The van der Waals surface area contributed by atoms with Crippen LogP contribution >= 0.6 is 0 Å². The fourth-order valence-corrected chi connectivity index (χ4v) is 3.81. The molecule has 174 valence electrons. The van der Waals surface area contributed by atoms with Crippen molar-refractivity contribution in [3.8, 4) is 5.75 Å². The van der Waals surface area contributed by atoms with E-state index in [1.165, 1.54) is 0 Å². The van der Waals surface area contributed by atoms with Crippen molar-refractivity contribution in [3.05, 3.63) is 46.8 Å². The van der Waals surface area contributed by atoms with Crippen molar-refractivity contribution in [2.45, 2.75) is 46.1 Å². The maximum Gasteiger partial charge on any atom is 0.338 e. The second-order valence-corrected chi connectivity index (χ2v) is 8.05. The van der Waals surface area contributed by atoms with Crippen molar-refractivity contribution in [1.29, 1.82) is 0 Å². The maximum atomic E-state index is 12.8. The lowest BCUT2D eigenvalue weighted by molar-refractivity contribution is 0.0448. The van der Waals surface area contributed by atoms with Crippen LogP contribution in [-0.2, 0) is 28.9 Å². The van der Waals surface area contributed by atoms with Crippen LogP contribution in [0.1, 0.15) is 58.8 Å². The summed E-state index contributed by atoms with van der Waals surface area (Å²) in [7, 11) is 1.56. The van der Waals surface area contributed by atoms with Crippen LogP contribution in [0.2, 0.25) is 0 Å². The van der Waals surface area contributed by atoms with E-state index in [2.05, 4.69) is 5.32 Å². The number of methoxy groups -OCH3 is 1. The Morgan fingerprint density at radius 3 is 2.91 bits per heavy atom. The summed E-state index contributed by atoms with van der Waals surface area (Å²) in [5.41, 5.74) is 2.96. The molecule has 32 heavy (non-hydrogen) atoms. The molecule has 1 aromatic heterocycles. The highest BCUT2D eigenvalue weighted by atomic mass is 16.5. The smallest absolute Gasteiger partial charge is 0.338 e. The number of aryl methyl sites for hydroxylation is 1. The SMILES string of the molecule is CCn1nc(C[C@@H](C)COC(=O)c2cccc(OC)c2)c2c1C(=O)NCCCOCCC2. The van der Waals surface area contributed by atoms with Crippen LogP contribution in [0.3, 0.4) is 0 Å². The number of hydrogen-bond donors (Lipinski definition) is 1. The van der Waals surface area contributed by atoms with Gasteiger partial charge in [-0.3, -0.25) is 9.48 Å². The molecule has 0 radical (unpaired) electrons. The first-order chi connectivity index (χ1) is 15.5. The second kappa shape index (κ2) is 11.7. The molecule has 0 aliphatic carbocycles. The molecule has 0 saturated carbocycles. The molecule has 2 heterocycles. The molecular formula is C24H33N3O5. The molecule has 0 fully saturated rings. The van der Waals surface area contributed by atoms with Gasteiger partial charge in [0.25, 0.3) is 5.91 Å². The average molecular weight is 444 g/mol. The Balaban J connectivity index is 1.70. The summed E-state index contributed by atoms with van der Waals surface area (Å²) in [6.45, 7) is 6.78. The molecule has 1 N–H and O–H groups in total. The van der Waals surface area contributed by atoms with Crippen molar-refractivity contribution in [2.75, 3.05) is 33.5 Å². The van der Waals surface area contributed by atoms with Crippen molar-refractivity contribution in [1.82, 2.24) is 15.1 Å². The standard InChI is InChI=1S/C24H33N3O5/c1-4-27-22-20(10-6-12-31-13-7-11-25-23(22)28)21(26-27)14-17(2)16-32-24(29)18-8-5-9-19(15-18)30-3/h5,8-9,15,17H,4,6-7,10-14,16H2,1-3H3,(H,25,28)/t17-/m1/s1. The van der Waals surface area contributed by atoms with Gasteiger partial charge in [-0.1, -0.05) is 13.0 Å². The number of nitrogens with zero attached hydrogens (tertiary/aromatic N) is 2. The van der Waals surface area contributed by atoms with Crippen molar-refractivity contribution in [3.63, 3.8) is 0 Å². The van der Waals surface area contributed by atoms with Crippen LogP contribution in [0.15, 0.2) is 24.3 Å². The normalized spacial score (nSPS) is 15.8. The molecule has 0 unspecified atom stereocenters. The Hall–Kier alpha value is -2.87. The summed E-state index contributed by atoms with van der Waals surface area (Å²) < 4.78 is 18.1. The molecular weight excluding hydrogens is 410 g/mol. The lowest BCUT2D eigenvalue weighted by atomic mass is 9.99. The zero-order valence-electron chi connectivity index (χ0n) is 19.2. The van der Waals surface area contributed by atoms with Crippen LogP contribution in [0.25, 0.3) is 0 Å². The van der Waals surface area contributed by atoms with E-state index in [1.54, 1.807) is 36.1 Å². The first-order valence-corrected chi connectivity index (χ1v) is 11.3. The average Bonchev–Trinajstić information content (AvgIpc) is 3.13. The van der Waals surface area contributed by atoms with Gasteiger partial charge in [-0.15, -0.1) is 0 Å². The van der Waals surface area contributed by atoms with Gasteiger partial charge < -0.3 is 19.5 Å². The van der Waals surface area contributed by atoms with Crippen LogP contribution in [0.5, 0.6) is 5.75 Å². The largest absolute Gasteiger partial charge is 0.497 e. The van der Waals surface area contributed by atoms with Gasteiger partial charge in [-0.2, -0.15) is 5.10 Å². The first-order valence-electron chi connectivity index (χ1n) is 11.3. The number of nitrogens with one attached hydrogen (secondary N) is 1. The number of rotatable bonds is 7. The minimum Gasteiger partial charge on any atom is -0.497 e. The maximum absolute atomic E-state index is 12.8. The van der Waals surface area contributed by atoms with E-state index in [0.717, 1.165) is 30.5 Å². The third-order valence-corrected chi connectivity index (χ3v) is 5.46. The number of carbonyl (C=O) groups excluding carboxylic acids is 2. The molecule has 1 amide bonds. The third kappa shape index (κ3) is 6.09. The lowest BCUT2D eigenvalue weighted by Crippen LogP contribution is -2.28. The minimum atomic E-state index is -0.384. The Bertz CT molecular complexity index is 924. The van der Waals surface area contributed by atoms with Crippen LogP contribution in [0.4, 0.5) is 0 Å². The van der Waals surface area contributed by atoms with E-state index in [-0.39, 0.29) is 24.4 Å². The van der Waals surface area contributed by atoms with Crippen molar-refractivity contribution in [2.24, 2.45) is 5.92 Å². The molecule has 0 saturated heterocycles. The number of aromatic nitrogens is 2. The van der Waals surface area contributed by atoms with Gasteiger partial charge in [0.15, 0.2) is 0 Å². The number of benzene rings is 1. The quantitative estimate of drug-likeness (QED) is 0.662. The Morgan fingerprint density at radius 1 is 1.31 bits per heavy atom. The number of esters is 1. The summed E-state index contributed by atoms with van der Waals surface area (Å²) in [6, 6.07) is 6.91. The lowest BCUT2D eigenvalue weighted by Gasteiger charge is -2.13. The van der Waals surface area contributed by atoms with Gasteiger partial charge in [0, 0.05) is 31.9 Å². The van der Waals surface area contributed by atoms with Crippen molar-refractivity contribution < 1.29 is 23.8 Å². The van der Waals surface area contributed by atoms with Crippen LogP contribution in [-0.4, -0.2) is 55.1 Å². The van der Waals surface area contributed by atoms with Crippen molar-refractivity contribution >= 4 is 11.9 Å². The number of ether oxygens (including phenoxy) is 3. The topological polar surface area (TPSA) is 91.7 Å². The molecule has 0 spiro atoms. The van der Waals surface area contributed by atoms with Gasteiger partial charge in [-0.25, -0.2) is 4.79 Å². The van der Waals surface area contributed by atoms with E-state index in [9.17, 15) is 9.59 Å². The zero-order chi connectivity index (χ0) is 22.9. The molecule has 2 aromatic rings. The van der Waals surface area contributed by atoms with Crippen LogP contribution in [0, 0.1) is 5.92 Å². The summed E-state index contributed by atoms with van der Waals surface area (Å²) in [5.74, 6) is 0.192. The molecule has 8 heteroatoms. The Morgan fingerprint density at radius 2 is 2.12 bits per heavy atom. The monoisotopic (exact) mass is 443 g/mol. The molecule has 3 rings (SSSR count). The molecule has 0 bridgehead atoms. The molecule has 1 aromatic carbocycles. The van der Waals surface area contributed by atoms with E-state index in [4.69, 9.17) is 19.3 Å².